The van der Waals surface area contributed by atoms with Crippen molar-refractivity contribution in [1.82, 2.24) is 0 Å². The van der Waals surface area contributed by atoms with Crippen LogP contribution in [-0.4, -0.2) is 41.5 Å². The largest absolute Gasteiger partial charge is 1.00 e. The second-order valence-electron chi connectivity index (χ2n) is 8.37. The number of nitrogens with one attached hydrogen (secondary N) is 1. The molecule has 0 unspecified atom stereocenters. The summed E-state index contributed by atoms with van der Waals surface area (Å²) >= 11 is 0. The number of methoxy groups -OCH3 is 1. The van der Waals surface area contributed by atoms with Crippen molar-refractivity contribution in [3.8, 4) is 11.5 Å². The molecule has 0 fully saturated rings. The van der Waals surface area contributed by atoms with Crippen LogP contribution >= 0.6 is 0 Å². The molecule has 13 nitrogen and oxygen atoms in total. The first-order chi connectivity index (χ1) is 18.6. The summed E-state index contributed by atoms with van der Waals surface area (Å²) in [6, 6.07) is 13.4. The Morgan fingerprint density at radius 3 is 1.95 bits per heavy atom. The van der Waals surface area contributed by atoms with Gasteiger partial charge in [-0.2, -0.15) is 13.5 Å². The number of hydrogen-bond acceptors (Lipinski definition) is 11. The minimum Gasteiger partial charge on any atom is -0.870 e. The summed E-state index contributed by atoms with van der Waals surface area (Å²) < 4.78 is 103. The maximum atomic E-state index is 13.6. The van der Waals surface area contributed by atoms with Crippen LogP contribution in [0.4, 0.5) is 17.1 Å². The monoisotopic (exact) mass is 651 g/mol. The Kier molecular flexibility index (Phi) is 11.8. The van der Waals surface area contributed by atoms with Gasteiger partial charge in [-0.15, -0.1) is 5.11 Å². The fraction of sp³-hybridized carbons (Fsp3) is 0.0833. The molecule has 42 heavy (non-hydrogen) atoms. The number of sulfonamides is 1. The van der Waals surface area contributed by atoms with E-state index in [9.17, 15) is 39.5 Å². The van der Waals surface area contributed by atoms with Gasteiger partial charge in [-0.05, 0) is 66.9 Å². The molecule has 0 aliphatic heterocycles. The van der Waals surface area contributed by atoms with Crippen LogP contribution in [0.2, 0.25) is 0 Å². The smallest absolute Gasteiger partial charge is 0.870 e. The van der Waals surface area contributed by atoms with Gasteiger partial charge in [-0.25, -0.2) is 16.8 Å². The molecule has 0 atom stereocenters. The van der Waals surface area contributed by atoms with Crippen LogP contribution < -0.4 is 73.7 Å². The molecule has 210 valence electrons. The van der Waals surface area contributed by atoms with Gasteiger partial charge in [0.15, 0.2) is 0 Å². The molecule has 18 heteroatoms. The van der Waals surface area contributed by atoms with E-state index < -0.39 is 67.9 Å². The number of hydrogen-bond donors (Lipinski definition) is 2. The quantitative estimate of drug-likeness (QED) is 0.117. The Bertz CT molecular complexity index is 1980. The van der Waals surface area contributed by atoms with Gasteiger partial charge >= 0.3 is 59.1 Å². The van der Waals surface area contributed by atoms with Crippen LogP contribution in [-0.2, 0) is 30.3 Å². The second kappa shape index (κ2) is 13.7. The number of anilines is 1. The summed E-state index contributed by atoms with van der Waals surface area (Å²) in [5.41, 5.74) is -0.621. The third-order valence-electron chi connectivity index (χ3n) is 5.58. The summed E-state index contributed by atoms with van der Waals surface area (Å²) in [4.78, 5) is -2.26. The van der Waals surface area contributed by atoms with Crippen molar-refractivity contribution in [1.29, 1.82) is 0 Å². The zero-order valence-corrected chi connectivity index (χ0v) is 29.0. The van der Waals surface area contributed by atoms with Crippen LogP contribution in [0.25, 0.3) is 10.8 Å². The van der Waals surface area contributed by atoms with E-state index in [2.05, 4.69) is 15.0 Å². The summed E-state index contributed by atoms with van der Waals surface area (Å²) in [7, 11) is -13.4. The van der Waals surface area contributed by atoms with Gasteiger partial charge in [0.1, 0.15) is 20.8 Å². The standard InChI is InChI=1S/C24H21N3O10S3.2Na/c1-14-3-9-18(10-4-14)38(29,30)27-20-13-19(39(31,32)33)11-15-12-21(40(34,35)36)23(24(28)22(15)20)26-25-16-5-7-17(37-2)8-6-16;;/h3-13,27-28H,1-2H3,(H,31,32,33)(H,34,35,36);;/q;2*+1/p-2. The number of ether oxygens (including phenoxy) is 1. The summed E-state index contributed by atoms with van der Waals surface area (Å²) in [5, 5.41) is 20.1. The van der Waals surface area contributed by atoms with E-state index in [-0.39, 0.29) is 69.7 Å². The Balaban J connectivity index is 0.00000308. The average molecular weight is 652 g/mol. The van der Waals surface area contributed by atoms with E-state index >= 15 is 0 Å². The average Bonchev–Trinajstić information content (AvgIpc) is 2.87. The molecule has 0 spiro atoms. The van der Waals surface area contributed by atoms with Gasteiger partial charge in [0.05, 0.1) is 34.0 Å². The molecule has 4 aromatic carbocycles. The number of azo groups is 1. The minimum absolute atomic E-state index is 0. The Labute approximate surface area is 286 Å². The number of fused-ring (bicyclic) bond motifs is 1. The predicted molar refractivity (Wildman–Crippen MR) is 140 cm³/mol. The Morgan fingerprint density at radius 1 is 0.833 bits per heavy atom. The van der Waals surface area contributed by atoms with Gasteiger partial charge in [0.25, 0.3) is 20.1 Å². The van der Waals surface area contributed by atoms with Crippen molar-refractivity contribution in [3.63, 3.8) is 0 Å². The van der Waals surface area contributed by atoms with Crippen molar-refractivity contribution < 1.29 is 103 Å². The van der Waals surface area contributed by atoms with Crippen LogP contribution in [0.15, 0.2) is 91.6 Å². The zero-order chi connectivity index (χ0) is 29.5. The molecule has 0 aliphatic rings. The third-order valence-corrected chi connectivity index (χ3v) is 8.65. The molecule has 0 aromatic heterocycles. The SMILES string of the molecule is COc1ccc(N=Nc2c(S(=O)(=O)O)cc3cc(S(=O)(=O)[O-])cc(NS(=O)(=O)c4ccc(C)cc4)c3c2[O-])cc1.[Na+].[Na+]. The van der Waals surface area contributed by atoms with E-state index in [1.807, 2.05) is 0 Å². The van der Waals surface area contributed by atoms with Crippen molar-refractivity contribution in [3.05, 3.63) is 72.3 Å². The number of rotatable bonds is 8. The molecule has 2 N–H and O–H groups in total. The predicted octanol–water partition coefficient (Wildman–Crippen LogP) is -2.39. The van der Waals surface area contributed by atoms with E-state index in [1.165, 1.54) is 55.6 Å². The van der Waals surface area contributed by atoms with Gasteiger partial charge in [-0.3, -0.25) is 9.27 Å². The number of nitrogens with zero attached hydrogens (tertiary/aromatic N) is 2. The fourth-order valence-electron chi connectivity index (χ4n) is 3.64. The molecular weight excluding hydrogens is 632 g/mol. The van der Waals surface area contributed by atoms with Crippen molar-refractivity contribution in [2.24, 2.45) is 10.2 Å². The first-order valence-corrected chi connectivity index (χ1v) is 15.3. The number of aryl methyl sites for hydroxylation is 1. The normalized spacial score (nSPS) is 12.0. The molecule has 0 radical (unpaired) electrons. The summed E-state index contributed by atoms with van der Waals surface area (Å²) in [6.45, 7) is 1.72. The van der Waals surface area contributed by atoms with Crippen LogP contribution in [0.3, 0.4) is 0 Å². The van der Waals surface area contributed by atoms with Gasteiger partial charge in [-0.1, -0.05) is 23.4 Å². The van der Waals surface area contributed by atoms with Crippen LogP contribution in [0.5, 0.6) is 11.5 Å². The maximum Gasteiger partial charge on any atom is 1.00 e. The fourth-order valence-corrected chi connectivity index (χ4v) is 5.89. The first kappa shape index (κ1) is 36.1. The molecule has 4 rings (SSSR count). The van der Waals surface area contributed by atoms with Gasteiger partial charge in [0.2, 0.25) is 0 Å². The Morgan fingerprint density at radius 2 is 1.43 bits per heavy atom. The Hall–Kier alpha value is -2.09. The molecular formula is C24H19N3Na2O10S3. The van der Waals surface area contributed by atoms with Crippen LogP contribution in [0, 0.1) is 6.92 Å². The zero-order valence-electron chi connectivity index (χ0n) is 22.6. The van der Waals surface area contributed by atoms with Gasteiger partial charge in [0, 0.05) is 5.39 Å². The van der Waals surface area contributed by atoms with Gasteiger partial charge < -0.3 is 14.4 Å². The van der Waals surface area contributed by atoms with Crippen molar-refractivity contribution >= 4 is 58.1 Å². The first-order valence-electron chi connectivity index (χ1n) is 11.0. The van der Waals surface area contributed by atoms with Crippen molar-refractivity contribution in [2.45, 2.75) is 21.6 Å². The van der Waals surface area contributed by atoms with Crippen molar-refractivity contribution in [2.75, 3.05) is 11.8 Å². The topological polar surface area (TPSA) is 215 Å². The molecule has 0 amide bonds. The molecule has 0 saturated heterocycles. The molecule has 0 bridgehead atoms. The molecule has 4 aromatic rings. The molecule has 0 heterocycles. The van der Waals surface area contributed by atoms with E-state index in [1.54, 1.807) is 6.92 Å². The summed E-state index contributed by atoms with van der Waals surface area (Å²) in [6.07, 6.45) is 0. The third kappa shape index (κ3) is 8.09. The van der Waals surface area contributed by atoms with E-state index in [0.717, 1.165) is 5.56 Å². The number of benzene rings is 4. The van der Waals surface area contributed by atoms with E-state index in [4.69, 9.17) is 4.74 Å². The maximum absolute atomic E-state index is 13.6. The molecule has 0 saturated carbocycles. The van der Waals surface area contributed by atoms with E-state index in [0.29, 0.717) is 23.9 Å². The summed E-state index contributed by atoms with van der Waals surface area (Å²) in [5.74, 6) is -0.749. The second-order valence-corrected chi connectivity index (χ2v) is 12.8. The minimum atomic E-state index is -5.22. The van der Waals surface area contributed by atoms with Crippen LogP contribution in [0.1, 0.15) is 5.56 Å². The molecule has 0 aliphatic carbocycles.